The zero-order valence-electron chi connectivity index (χ0n) is 72.0. The van der Waals surface area contributed by atoms with Crippen molar-refractivity contribution in [3.63, 3.8) is 0 Å². The van der Waals surface area contributed by atoms with Crippen molar-refractivity contribution in [2.45, 2.75) is 77.7 Å². The highest BCUT2D eigenvalue weighted by atomic mass is 79.9. The van der Waals surface area contributed by atoms with Crippen molar-refractivity contribution in [3.05, 3.63) is 257 Å². The first kappa shape index (κ1) is 97.1. The normalized spacial score (nSPS) is 13.6. The number of fused-ring (bicyclic) bond motifs is 6. The Morgan fingerprint density at radius 2 is 0.829 bits per heavy atom. The molecular formula is C98H96BBr3Cl3F3N8O9S3Si. The number of piperazine rings is 2. The number of hydrogen-bond acceptors (Lipinski definition) is 17. The van der Waals surface area contributed by atoms with Crippen molar-refractivity contribution >= 4 is 236 Å². The lowest BCUT2D eigenvalue weighted by atomic mass is 9.96. The number of carboxylic acid groups (broad SMARTS) is 1. The lowest BCUT2D eigenvalue weighted by Gasteiger charge is -2.43. The van der Waals surface area contributed by atoms with Crippen LogP contribution >= 0.6 is 117 Å². The van der Waals surface area contributed by atoms with Crippen LogP contribution in [0.5, 0.6) is 17.2 Å². The second-order valence-corrected chi connectivity index (χ2v) is 46.5. The number of hydrogen-bond donors (Lipinski definition) is 3. The number of aliphatic hydroxyl groups excluding tert-OH is 1. The van der Waals surface area contributed by atoms with E-state index in [9.17, 15) is 19.5 Å². The molecule has 31 heteroatoms. The quantitative estimate of drug-likeness (QED) is 0.0454. The van der Waals surface area contributed by atoms with E-state index in [2.05, 4.69) is 164 Å². The smallest absolute Gasteiger partial charge is 0.369 e. The van der Waals surface area contributed by atoms with Crippen LogP contribution in [0.2, 0.25) is 20.1 Å². The minimum absolute atomic E-state index is 0.0299. The lowest BCUT2D eigenvalue weighted by Crippen LogP contribution is -2.66. The summed E-state index contributed by atoms with van der Waals surface area (Å²) in [7, 11) is 0.486. The van der Waals surface area contributed by atoms with Gasteiger partial charge in [0.1, 0.15) is 48.8 Å². The summed E-state index contributed by atoms with van der Waals surface area (Å²) in [6, 6.07) is 60.2. The SMILES string of the molecule is BrB(Br)Br.C=C(CCC)C(=O)O.C=C(CCO)C(=O)N1CCN(c2snc3c(F)c(-c4cc(O)cc5ccccc45)c(Cl)cc23)CC1.C=C(CCO[Si](c1ccccc1)(c1ccccc1)C(C)(C)C)C(=O)N1CCN(c2snc3c(F)c(-c4cc(OC)cc5ccccc45)c(Cl)cc23)CC1.COc1cc(-c2c(Cl)cc3c(N4CCCCC4)snc3c2F)c2ccccc2c1. The van der Waals surface area contributed by atoms with Gasteiger partial charge >= 0.3 is 9.15 Å². The van der Waals surface area contributed by atoms with Crippen molar-refractivity contribution in [2.75, 3.05) is 108 Å². The Morgan fingerprint density at radius 1 is 0.481 bits per heavy atom. The number of carbonyl (C=O) groups is 3. The average molecular weight is 2070 g/mol. The molecule has 129 heavy (non-hydrogen) atoms. The van der Waals surface area contributed by atoms with Gasteiger partial charge in [-0.3, -0.25) is 9.59 Å². The summed E-state index contributed by atoms with van der Waals surface area (Å²) in [6.07, 6.45) is 5.70. The van der Waals surface area contributed by atoms with E-state index in [1.165, 1.54) is 57.5 Å². The Labute approximate surface area is 802 Å². The number of rotatable bonds is 21. The summed E-state index contributed by atoms with van der Waals surface area (Å²) in [5, 5.41) is 40.7. The molecule has 0 saturated carbocycles. The molecule has 17 rings (SSSR count). The Hall–Kier alpha value is -9.40. The first-order valence-electron chi connectivity index (χ1n) is 42.1. The third-order valence-corrected chi connectivity index (χ3v) is 31.8. The van der Waals surface area contributed by atoms with E-state index in [-0.39, 0.29) is 66.3 Å². The lowest BCUT2D eigenvalue weighted by molar-refractivity contribution is -0.133. The van der Waals surface area contributed by atoms with Gasteiger partial charge in [-0.25, -0.2) is 18.0 Å². The fourth-order valence-electron chi connectivity index (χ4n) is 16.8. The maximum absolute atomic E-state index is 16.4. The van der Waals surface area contributed by atoms with E-state index >= 15 is 13.2 Å². The number of carbonyl (C=O) groups excluding carboxylic acids is 2. The number of methoxy groups -OCH3 is 2. The molecule has 3 N–H and O–H groups in total. The predicted octanol–water partition coefficient (Wildman–Crippen LogP) is 24.8. The number of benzene rings is 11. The van der Waals surface area contributed by atoms with Crippen molar-refractivity contribution in [3.8, 4) is 50.6 Å². The summed E-state index contributed by atoms with van der Waals surface area (Å²) in [5.74, 6) is -1.13. The minimum Gasteiger partial charge on any atom is -0.508 e. The number of carboxylic acids is 1. The molecule has 0 unspecified atom stereocenters. The van der Waals surface area contributed by atoms with Gasteiger partial charge in [-0.05, 0) is 186 Å². The molecule has 0 spiro atoms. The number of nitrogens with zero attached hydrogens (tertiary/aromatic N) is 8. The second kappa shape index (κ2) is 43.8. The van der Waals surface area contributed by atoms with Crippen LogP contribution in [0.25, 0.3) is 98.4 Å². The number of amides is 2. The summed E-state index contributed by atoms with van der Waals surface area (Å²) >= 11 is 33.3. The van der Waals surface area contributed by atoms with E-state index in [1.54, 1.807) is 31.3 Å². The maximum Gasteiger partial charge on any atom is 0.369 e. The number of ether oxygens (including phenoxy) is 2. The van der Waals surface area contributed by atoms with Gasteiger partial charge in [-0.1, -0.05) is 222 Å². The van der Waals surface area contributed by atoms with Crippen LogP contribution < -0.4 is 34.5 Å². The zero-order valence-corrected chi connectivity index (χ0v) is 82.5. The maximum atomic E-state index is 16.4. The molecule has 0 radical (unpaired) electrons. The number of phenols is 1. The molecule has 2 amide bonds. The monoisotopic (exact) mass is 2060 g/mol. The first-order chi connectivity index (χ1) is 62.0. The Kier molecular flexibility index (Phi) is 33.0. The fraction of sp³-hybridized carbons (Fsp3) is 0.265. The molecular weight excluding hydrogens is 1970 g/mol. The minimum atomic E-state index is -2.72. The predicted molar refractivity (Wildman–Crippen MR) is 543 cm³/mol. The van der Waals surface area contributed by atoms with Crippen LogP contribution in [0.3, 0.4) is 0 Å². The zero-order chi connectivity index (χ0) is 92.1. The fourth-order valence-corrected chi connectivity index (χ4v) is 24.9. The highest BCUT2D eigenvalue weighted by molar-refractivity contribution is 9.69. The van der Waals surface area contributed by atoms with E-state index < -0.39 is 25.9 Å². The number of aromatic hydroxyl groups is 1. The standard InChI is InChI=1S/C43H43ClFN3O3SSi.C26H23ClFN3O3S.C23H20ClFN2OS.C6H10O2.BBr3/c1-29(20-25-51-53(43(2,3)4,32-15-8-6-9-16-32)33-17-10-7-11-18-33)41(49)47-21-23-48(24-22-47)42-36-28-37(44)38(39(45)40(36)46-52-42)35-27-31(50-5)26-30-14-12-13-19-34(30)35;1-15(6-11-32)25(34)30-7-9-31(10-8-30)26-20-14-21(27)22(23(28)24(20)29-35-26)19-13-17(33)12-16-4-2-3-5-18(16)19;1-28-15-11-14-7-3-4-8-16(14)17(12-15)20-19(24)13-18-22(21(20)25)26-29-23(18)27-9-5-2-6-10-27;1-3-4-5(2)6(7)8;2-1(3)4/h6-19,26-28H,1,20-25H2,2-5H3;2-5,12-14,32-33H,1,6-11H2;3-4,7-8,11-13H,2,5-6,9-10H2,1H3;2-4H2,1H3,(H,7,8);. The number of anilines is 3. The topological polar surface area (TPSA) is 194 Å². The highest BCUT2D eigenvalue weighted by Gasteiger charge is 2.50. The molecule has 3 aromatic heterocycles. The Morgan fingerprint density at radius 3 is 1.18 bits per heavy atom. The number of halogens is 9. The van der Waals surface area contributed by atoms with Gasteiger partial charge < -0.3 is 53.7 Å². The van der Waals surface area contributed by atoms with Gasteiger partial charge in [0.25, 0.3) is 8.32 Å². The van der Waals surface area contributed by atoms with Crippen LogP contribution in [-0.4, -0.2) is 160 Å². The van der Waals surface area contributed by atoms with E-state index in [0.717, 1.165) is 90.6 Å². The Balaban J connectivity index is 0.000000161. The van der Waals surface area contributed by atoms with Crippen LogP contribution in [0.1, 0.15) is 72.6 Å². The third kappa shape index (κ3) is 21.7. The number of aromatic nitrogens is 3. The van der Waals surface area contributed by atoms with E-state index in [4.69, 9.17) is 58.9 Å². The van der Waals surface area contributed by atoms with Crippen molar-refractivity contribution in [1.29, 1.82) is 0 Å². The van der Waals surface area contributed by atoms with E-state index in [0.29, 0.717) is 149 Å². The second-order valence-electron chi connectivity index (χ2n) is 32.3. The van der Waals surface area contributed by atoms with Gasteiger partial charge in [0, 0.05) is 135 Å². The van der Waals surface area contributed by atoms with Crippen LogP contribution in [-0.2, 0) is 18.8 Å². The van der Waals surface area contributed by atoms with Crippen LogP contribution in [0.15, 0.2) is 225 Å². The van der Waals surface area contributed by atoms with Crippen molar-refractivity contribution in [2.24, 2.45) is 0 Å². The molecule has 17 nitrogen and oxygen atoms in total. The number of piperidine rings is 1. The molecule has 3 fully saturated rings. The van der Waals surface area contributed by atoms with Gasteiger partial charge in [0.2, 0.25) is 11.8 Å². The van der Waals surface area contributed by atoms with Gasteiger partial charge in [-0.2, -0.15) is 13.1 Å². The molecule has 11 aromatic carbocycles. The van der Waals surface area contributed by atoms with E-state index in [1.807, 2.05) is 133 Å². The molecule has 3 aliphatic heterocycles. The van der Waals surface area contributed by atoms with Gasteiger partial charge in [0.15, 0.2) is 17.5 Å². The summed E-state index contributed by atoms with van der Waals surface area (Å²) in [4.78, 5) is 46.3. The third-order valence-electron chi connectivity index (χ3n) is 23.1. The highest BCUT2D eigenvalue weighted by Crippen LogP contribution is 2.49. The number of phenolic OH excluding ortho intramolecular Hbond substituents is 1. The number of aliphatic hydroxyl groups is 1. The molecule has 0 bridgehead atoms. The molecule has 6 heterocycles. The van der Waals surface area contributed by atoms with Crippen molar-refractivity contribution < 1.29 is 56.8 Å². The van der Waals surface area contributed by atoms with Crippen LogP contribution in [0, 0.1) is 17.5 Å². The summed E-state index contributed by atoms with van der Waals surface area (Å²) in [6.45, 7) is 26.5. The number of aliphatic carboxylic acids is 1. The molecule has 0 aliphatic carbocycles. The van der Waals surface area contributed by atoms with Gasteiger partial charge in [0.05, 0.1) is 29.3 Å². The molecule has 3 aliphatic rings. The molecule has 0 atom stereocenters. The Bertz CT molecular complexity index is 6440. The largest absolute Gasteiger partial charge is 0.508 e. The molecule has 14 aromatic rings. The molecule has 670 valence electrons. The summed E-state index contributed by atoms with van der Waals surface area (Å²) in [5.41, 5.74) is 4.90. The average Bonchev–Trinajstić information content (AvgIpc) is 1.65. The van der Waals surface area contributed by atoms with Crippen molar-refractivity contribution in [1.82, 2.24) is 22.9 Å². The molecule has 3 saturated heterocycles. The first-order valence-corrected chi connectivity index (χ1v) is 50.2. The van der Waals surface area contributed by atoms with Gasteiger partial charge in [-0.15, -0.1) is 47.3 Å². The summed E-state index contributed by atoms with van der Waals surface area (Å²) < 4.78 is 79.7. The van der Waals surface area contributed by atoms with Crippen LogP contribution in [0.4, 0.5) is 28.2 Å².